The molecule has 3 heteroatoms. The minimum absolute atomic E-state index is 0.765. The van der Waals surface area contributed by atoms with Crippen molar-refractivity contribution < 1.29 is 4.84 Å². The van der Waals surface area contributed by atoms with Crippen molar-refractivity contribution in [3.63, 3.8) is 0 Å². The Bertz CT molecular complexity index is 219. The topological polar surface area (TPSA) is 38.5 Å². The molecule has 0 aromatic carbocycles. The van der Waals surface area contributed by atoms with Gasteiger partial charge in [-0.1, -0.05) is 13.8 Å². The number of hydrogen-bond acceptors (Lipinski definition) is 3. The Labute approximate surface area is 87.2 Å². The first-order chi connectivity index (χ1) is 6.51. The van der Waals surface area contributed by atoms with Crippen LogP contribution in [0.3, 0.4) is 0 Å². The second-order valence-electron chi connectivity index (χ2n) is 3.47. The van der Waals surface area contributed by atoms with Crippen LogP contribution >= 0.6 is 0 Å². The van der Waals surface area contributed by atoms with E-state index in [0.717, 1.165) is 24.3 Å². The number of nitrogens with zero attached hydrogens (tertiary/aromatic N) is 1. The Balaban J connectivity index is 4.86. The smallest absolute Gasteiger partial charge is 0.148 e. The summed E-state index contributed by atoms with van der Waals surface area (Å²) < 4.78 is 0. The zero-order valence-electron chi connectivity index (χ0n) is 9.92. The molecular weight excluding hydrogens is 176 g/mol. The molecule has 0 radical (unpaired) electrons. The van der Waals surface area contributed by atoms with Crippen molar-refractivity contribution in [2.24, 2.45) is 5.73 Å². The molecule has 0 aromatic heterocycles. The quantitative estimate of drug-likeness (QED) is 0.419. The Morgan fingerprint density at radius 3 is 2.07 bits per heavy atom. The maximum absolute atomic E-state index is 5.64. The number of hydrogen-bond donors (Lipinski definition) is 1. The fourth-order valence-corrected chi connectivity index (χ4v) is 1.19. The summed E-state index contributed by atoms with van der Waals surface area (Å²) >= 11 is 0. The van der Waals surface area contributed by atoms with Crippen LogP contribution in [0.25, 0.3) is 0 Å². The fraction of sp³-hybridized carbons (Fsp3) is 0.636. The molecule has 0 heterocycles. The molecule has 0 aromatic rings. The van der Waals surface area contributed by atoms with Gasteiger partial charge in [0.1, 0.15) is 5.76 Å². The summed E-state index contributed by atoms with van der Waals surface area (Å²) in [5.41, 5.74) is 7.69. The second kappa shape index (κ2) is 6.49. The van der Waals surface area contributed by atoms with Gasteiger partial charge in [0, 0.05) is 25.9 Å². The highest BCUT2D eigenvalue weighted by Crippen LogP contribution is 2.16. The van der Waals surface area contributed by atoms with E-state index >= 15 is 0 Å². The molecule has 0 unspecified atom stereocenters. The number of hydroxylamine groups is 2. The van der Waals surface area contributed by atoms with Crippen LogP contribution in [-0.2, 0) is 4.84 Å². The van der Waals surface area contributed by atoms with Crippen LogP contribution in [0.1, 0.15) is 33.6 Å². The third kappa shape index (κ3) is 4.92. The van der Waals surface area contributed by atoms with Crippen molar-refractivity contribution >= 4 is 0 Å². The first-order valence-electron chi connectivity index (χ1n) is 5.02. The van der Waals surface area contributed by atoms with Gasteiger partial charge in [-0.2, -0.15) is 5.06 Å². The monoisotopic (exact) mass is 198 g/mol. The molecular formula is C11H22N2O. The molecule has 0 aliphatic heterocycles. The normalized spacial score (nSPS) is 11.7. The summed E-state index contributed by atoms with van der Waals surface area (Å²) in [5, 5.41) is 1.68. The van der Waals surface area contributed by atoms with Crippen molar-refractivity contribution in [1.29, 1.82) is 0 Å². The predicted molar refractivity (Wildman–Crippen MR) is 60.3 cm³/mol. The van der Waals surface area contributed by atoms with E-state index in [-0.39, 0.29) is 0 Å². The molecule has 14 heavy (non-hydrogen) atoms. The van der Waals surface area contributed by atoms with Gasteiger partial charge in [0.25, 0.3) is 0 Å². The number of rotatable bonds is 5. The van der Waals surface area contributed by atoms with Crippen LogP contribution in [0.4, 0.5) is 0 Å². The van der Waals surface area contributed by atoms with E-state index in [0.29, 0.717) is 0 Å². The van der Waals surface area contributed by atoms with E-state index in [1.165, 1.54) is 5.57 Å². The summed E-state index contributed by atoms with van der Waals surface area (Å²) in [7, 11) is 3.73. The van der Waals surface area contributed by atoms with Crippen LogP contribution in [0.2, 0.25) is 0 Å². The zero-order valence-corrected chi connectivity index (χ0v) is 9.92. The minimum Gasteiger partial charge on any atom is -0.407 e. The highest BCUT2D eigenvalue weighted by Gasteiger charge is 2.04. The first-order valence-corrected chi connectivity index (χ1v) is 5.02. The van der Waals surface area contributed by atoms with Gasteiger partial charge in [0.05, 0.1) is 0 Å². The van der Waals surface area contributed by atoms with Crippen LogP contribution in [0.5, 0.6) is 0 Å². The van der Waals surface area contributed by atoms with Gasteiger partial charge in [0.15, 0.2) is 0 Å². The largest absolute Gasteiger partial charge is 0.407 e. The molecule has 0 saturated carbocycles. The van der Waals surface area contributed by atoms with E-state index < -0.39 is 0 Å². The van der Waals surface area contributed by atoms with Gasteiger partial charge in [-0.25, -0.2) is 0 Å². The molecule has 2 N–H and O–H groups in total. The van der Waals surface area contributed by atoms with E-state index in [1.807, 2.05) is 27.1 Å². The van der Waals surface area contributed by atoms with Crippen LogP contribution in [0, 0.1) is 0 Å². The molecule has 0 amide bonds. The van der Waals surface area contributed by atoms with Crippen LogP contribution in [-0.4, -0.2) is 19.2 Å². The van der Waals surface area contributed by atoms with Gasteiger partial charge < -0.3 is 10.6 Å². The molecule has 0 saturated heterocycles. The average Bonchev–Trinajstić information content (AvgIpc) is 2.03. The van der Waals surface area contributed by atoms with Gasteiger partial charge in [-0.3, -0.25) is 0 Å². The molecule has 3 nitrogen and oxygen atoms in total. The number of nitrogens with two attached hydrogens (primary N) is 1. The number of allylic oxidation sites excluding steroid dienone is 3. The lowest BCUT2D eigenvalue weighted by molar-refractivity contribution is -0.0693. The van der Waals surface area contributed by atoms with Crippen molar-refractivity contribution in [1.82, 2.24) is 5.06 Å². The lowest BCUT2D eigenvalue weighted by atomic mass is 10.1. The van der Waals surface area contributed by atoms with Gasteiger partial charge in [0.2, 0.25) is 0 Å². The molecule has 0 rings (SSSR count). The molecule has 0 bridgehead atoms. The summed E-state index contributed by atoms with van der Waals surface area (Å²) in [6.07, 6.45) is 3.86. The fourth-order valence-electron chi connectivity index (χ4n) is 1.19. The second-order valence-corrected chi connectivity index (χ2v) is 3.47. The summed E-state index contributed by atoms with van der Waals surface area (Å²) in [5.74, 6) is 0.875. The Hall–Kier alpha value is -0.960. The van der Waals surface area contributed by atoms with Gasteiger partial charge in [-0.05, 0) is 25.3 Å². The summed E-state index contributed by atoms with van der Waals surface area (Å²) in [6.45, 7) is 6.11. The SMILES string of the molecule is CCC(CC)=C(/C=C(\C)N)ON(C)C. The Morgan fingerprint density at radius 2 is 1.79 bits per heavy atom. The molecule has 0 aliphatic rings. The molecule has 0 spiro atoms. The predicted octanol–water partition coefficient (Wildman–Crippen LogP) is 2.42. The standard InChI is InChI=1S/C11H22N2O/c1-6-10(7-2)11(8-9(3)12)14-13(4)5/h8H,6-7,12H2,1-5H3/b9-8+. The maximum atomic E-state index is 5.64. The Kier molecular flexibility index (Phi) is 6.04. The van der Waals surface area contributed by atoms with E-state index in [2.05, 4.69) is 13.8 Å². The van der Waals surface area contributed by atoms with Gasteiger partial charge >= 0.3 is 0 Å². The summed E-state index contributed by atoms with van der Waals surface area (Å²) in [6, 6.07) is 0. The van der Waals surface area contributed by atoms with Gasteiger partial charge in [-0.15, -0.1) is 0 Å². The minimum atomic E-state index is 0.765. The van der Waals surface area contributed by atoms with E-state index in [1.54, 1.807) is 5.06 Å². The maximum Gasteiger partial charge on any atom is 0.148 e. The first kappa shape index (κ1) is 13.0. The van der Waals surface area contributed by atoms with E-state index in [4.69, 9.17) is 10.6 Å². The molecule has 0 fully saturated rings. The molecule has 0 aliphatic carbocycles. The van der Waals surface area contributed by atoms with Crippen molar-refractivity contribution in [3.8, 4) is 0 Å². The third-order valence-electron chi connectivity index (χ3n) is 1.84. The molecule has 82 valence electrons. The average molecular weight is 198 g/mol. The lowest BCUT2D eigenvalue weighted by Gasteiger charge is -2.16. The van der Waals surface area contributed by atoms with Crippen molar-refractivity contribution in [2.75, 3.05) is 14.1 Å². The third-order valence-corrected chi connectivity index (χ3v) is 1.84. The van der Waals surface area contributed by atoms with E-state index in [9.17, 15) is 0 Å². The van der Waals surface area contributed by atoms with Crippen molar-refractivity contribution in [3.05, 3.63) is 23.1 Å². The lowest BCUT2D eigenvalue weighted by Crippen LogP contribution is -2.13. The molecule has 0 atom stereocenters. The van der Waals surface area contributed by atoms with Crippen LogP contribution in [0.15, 0.2) is 23.1 Å². The van der Waals surface area contributed by atoms with Crippen molar-refractivity contribution in [2.45, 2.75) is 33.6 Å². The highest BCUT2D eigenvalue weighted by atomic mass is 16.7. The highest BCUT2D eigenvalue weighted by molar-refractivity contribution is 5.22. The Morgan fingerprint density at radius 1 is 1.29 bits per heavy atom. The zero-order chi connectivity index (χ0) is 11.1. The van der Waals surface area contributed by atoms with Crippen LogP contribution < -0.4 is 5.73 Å². The summed E-state index contributed by atoms with van der Waals surface area (Å²) in [4.78, 5) is 5.56.